The molecular weight excluding hydrogens is 319 g/mol. The molecule has 3 aromatic rings. The summed E-state index contributed by atoms with van der Waals surface area (Å²) in [5.74, 6) is -0.254. The molecule has 128 valence electrons. The zero-order chi connectivity index (χ0) is 17.4. The Morgan fingerprint density at radius 3 is 3.04 bits per heavy atom. The SMILES string of the molecule is Cc1cncc(C2CCCN(C(=O)c3cc4cccc(F)c4[nH]3)C2)n1. The van der Waals surface area contributed by atoms with Gasteiger partial charge in [-0.2, -0.15) is 0 Å². The minimum absolute atomic E-state index is 0.0964. The Bertz CT molecular complexity index is 936. The maximum atomic E-state index is 13.9. The molecule has 1 saturated heterocycles. The van der Waals surface area contributed by atoms with E-state index in [-0.39, 0.29) is 17.6 Å². The number of aromatic nitrogens is 3. The molecule has 0 aliphatic carbocycles. The number of halogens is 1. The fourth-order valence-electron chi connectivity index (χ4n) is 3.49. The highest BCUT2D eigenvalue weighted by molar-refractivity contribution is 5.98. The molecule has 4 rings (SSSR count). The lowest BCUT2D eigenvalue weighted by Crippen LogP contribution is -2.39. The number of benzene rings is 1. The van der Waals surface area contributed by atoms with Crippen molar-refractivity contribution in [2.75, 3.05) is 13.1 Å². The van der Waals surface area contributed by atoms with Gasteiger partial charge in [0.2, 0.25) is 0 Å². The van der Waals surface area contributed by atoms with Gasteiger partial charge in [-0.05, 0) is 31.9 Å². The standard InChI is InChI=1S/C19H19FN4O/c1-12-9-21-10-17(22-12)14-5-3-7-24(11-14)19(25)16-8-13-4-2-6-15(20)18(13)23-16/h2,4,6,8-10,14,23H,3,5,7,11H2,1H3. The van der Waals surface area contributed by atoms with Crippen molar-refractivity contribution >= 4 is 16.8 Å². The first kappa shape index (κ1) is 15.7. The fraction of sp³-hybridized carbons (Fsp3) is 0.316. The number of hydrogen-bond donors (Lipinski definition) is 1. The molecule has 1 unspecified atom stereocenters. The molecular formula is C19H19FN4O. The van der Waals surface area contributed by atoms with Gasteiger partial charge in [-0.3, -0.25) is 14.8 Å². The lowest BCUT2D eigenvalue weighted by Gasteiger charge is -2.32. The first-order chi connectivity index (χ1) is 12.1. The molecule has 1 aromatic carbocycles. The Hall–Kier alpha value is -2.76. The van der Waals surface area contributed by atoms with E-state index in [1.807, 2.05) is 11.8 Å². The highest BCUT2D eigenvalue weighted by atomic mass is 19.1. The summed E-state index contributed by atoms with van der Waals surface area (Å²) < 4.78 is 13.9. The van der Waals surface area contributed by atoms with Gasteiger partial charge in [0.05, 0.1) is 16.9 Å². The Labute approximate surface area is 144 Å². The zero-order valence-electron chi connectivity index (χ0n) is 14.0. The molecule has 1 atom stereocenters. The van der Waals surface area contributed by atoms with Gasteiger partial charge in [0.15, 0.2) is 0 Å². The first-order valence-corrected chi connectivity index (χ1v) is 8.47. The Morgan fingerprint density at radius 1 is 1.36 bits per heavy atom. The van der Waals surface area contributed by atoms with Gasteiger partial charge in [-0.15, -0.1) is 0 Å². The number of fused-ring (bicyclic) bond motifs is 1. The molecule has 0 radical (unpaired) electrons. The summed E-state index contributed by atoms with van der Waals surface area (Å²) in [6.07, 6.45) is 5.42. The second-order valence-electron chi connectivity index (χ2n) is 6.56. The molecule has 1 aliphatic heterocycles. The van der Waals surface area contributed by atoms with Crippen LogP contribution in [0.1, 0.15) is 40.6 Å². The number of rotatable bonds is 2. The smallest absolute Gasteiger partial charge is 0.270 e. The lowest BCUT2D eigenvalue weighted by atomic mass is 9.94. The molecule has 5 nitrogen and oxygen atoms in total. The van der Waals surface area contributed by atoms with Crippen LogP contribution in [0.25, 0.3) is 10.9 Å². The van der Waals surface area contributed by atoms with E-state index in [2.05, 4.69) is 15.0 Å². The predicted octanol–water partition coefficient (Wildman–Crippen LogP) is 3.43. The predicted molar refractivity (Wildman–Crippen MR) is 92.9 cm³/mol. The van der Waals surface area contributed by atoms with Crippen molar-refractivity contribution in [1.82, 2.24) is 19.9 Å². The summed E-state index contributed by atoms with van der Waals surface area (Å²) in [4.78, 5) is 26.4. The largest absolute Gasteiger partial charge is 0.348 e. The maximum Gasteiger partial charge on any atom is 0.270 e. The Morgan fingerprint density at radius 2 is 2.24 bits per heavy atom. The first-order valence-electron chi connectivity index (χ1n) is 8.47. The zero-order valence-corrected chi connectivity index (χ0v) is 14.0. The minimum atomic E-state index is -0.344. The minimum Gasteiger partial charge on any atom is -0.348 e. The number of likely N-dealkylation sites (tertiary alicyclic amines) is 1. The molecule has 1 amide bonds. The van der Waals surface area contributed by atoms with E-state index in [9.17, 15) is 9.18 Å². The highest BCUT2D eigenvalue weighted by Crippen LogP contribution is 2.27. The number of para-hydroxylation sites is 1. The van der Waals surface area contributed by atoms with Crippen LogP contribution in [0, 0.1) is 12.7 Å². The summed E-state index contributed by atoms with van der Waals surface area (Å²) >= 11 is 0. The number of carbonyl (C=O) groups excluding carboxylic acids is 1. The van der Waals surface area contributed by atoms with Crippen molar-refractivity contribution in [3.63, 3.8) is 0 Å². The summed E-state index contributed by atoms with van der Waals surface area (Å²) in [6, 6.07) is 6.55. The van der Waals surface area contributed by atoms with E-state index in [0.717, 1.165) is 24.2 Å². The van der Waals surface area contributed by atoms with Crippen molar-refractivity contribution < 1.29 is 9.18 Å². The van der Waals surface area contributed by atoms with E-state index in [1.165, 1.54) is 6.07 Å². The second kappa shape index (κ2) is 6.27. The van der Waals surface area contributed by atoms with Crippen LogP contribution in [0.3, 0.4) is 0 Å². The maximum absolute atomic E-state index is 13.9. The van der Waals surface area contributed by atoms with Crippen molar-refractivity contribution in [2.45, 2.75) is 25.7 Å². The number of hydrogen-bond acceptors (Lipinski definition) is 3. The molecule has 1 N–H and O–H groups in total. The van der Waals surface area contributed by atoms with Crippen LogP contribution in [-0.4, -0.2) is 38.8 Å². The molecule has 1 fully saturated rings. The highest BCUT2D eigenvalue weighted by Gasteiger charge is 2.27. The van der Waals surface area contributed by atoms with Crippen molar-refractivity contribution in [3.05, 3.63) is 59.6 Å². The number of aryl methyl sites for hydroxylation is 1. The molecule has 0 spiro atoms. The van der Waals surface area contributed by atoms with Crippen LogP contribution in [0.4, 0.5) is 4.39 Å². The van der Waals surface area contributed by atoms with Gasteiger partial charge in [-0.1, -0.05) is 12.1 Å². The number of nitrogens with one attached hydrogen (secondary N) is 1. The molecule has 3 heterocycles. The Balaban J connectivity index is 1.57. The number of amides is 1. The van der Waals surface area contributed by atoms with Crippen LogP contribution in [-0.2, 0) is 0 Å². The summed E-state index contributed by atoms with van der Waals surface area (Å²) in [6.45, 7) is 3.22. The van der Waals surface area contributed by atoms with E-state index in [1.54, 1.807) is 30.6 Å². The van der Waals surface area contributed by atoms with Crippen molar-refractivity contribution in [2.24, 2.45) is 0 Å². The quantitative estimate of drug-likeness (QED) is 0.779. The number of carbonyl (C=O) groups is 1. The molecule has 6 heteroatoms. The summed E-state index contributed by atoms with van der Waals surface area (Å²) in [7, 11) is 0. The van der Waals surface area contributed by atoms with Crippen LogP contribution in [0.2, 0.25) is 0 Å². The third kappa shape index (κ3) is 2.99. The van der Waals surface area contributed by atoms with E-state index in [4.69, 9.17) is 0 Å². The van der Waals surface area contributed by atoms with Gasteiger partial charge in [0.1, 0.15) is 11.5 Å². The normalized spacial score (nSPS) is 17.8. The second-order valence-corrected chi connectivity index (χ2v) is 6.56. The monoisotopic (exact) mass is 338 g/mol. The van der Waals surface area contributed by atoms with Crippen LogP contribution >= 0.6 is 0 Å². The third-order valence-electron chi connectivity index (χ3n) is 4.74. The summed E-state index contributed by atoms with van der Waals surface area (Å²) in [5.41, 5.74) is 2.62. The van der Waals surface area contributed by atoms with Gasteiger partial charge >= 0.3 is 0 Å². The molecule has 0 bridgehead atoms. The van der Waals surface area contributed by atoms with E-state index < -0.39 is 0 Å². The molecule has 25 heavy (non-hydrogen) atoms. The van der Waals surface area contributed by atoms with Gasteiger partial charge in [0, 0.05) is 36.8 Å². The number of piperidine rings is 1. The molecule has 0 saturated carbocycles. The van der Waals surface area contributed by atoms with Crippen LogP contribution in [0.5, 0.6) is 0 Å². The molecule has 2 aromatic heterocycles. The number of aromatic amines is 1. The van der Waals surface area contributed by atoms with Gasteiger partial charge in [-0.25, -0.2) is 4.39 Å². The van der Waals surface area contributed by atoms with Gasteiger partial charge < -0.3 is 9.88 Å². The summed E-state index contributed by atoms with van der Waals surface area (Å²) in [5, 5.41) is 0.710. The van der Waals surface area contributed by atoms with Crippen molar-refractivity contribution in [1.29, 1.82) is 0 Å². The van der Waals surface area contributed by atoms with Crippen LogP contribution in [0.15, 0.2) is 36.7 Å². The third-order valence-corrected chi connectivity index (χ3v) is 4.74. The van der Waals surface area contributed by atoms with Crippen molar-refractivity contribution in [3.8, 4) is 0 Å². The number of nitrogens with zero attached hydrogens (tertiary/aromatic N) is 3. The topological polar surface area (TPSA) is 61.9 Å². The average Bonchev–Trinajstić information content (AvgIpc) is 3.07. The van der Waals surface area contributed by atoms with Gasteiger partial charge in [0.25, 0.3) is 5.91 Å². The van der Waals surface area contributed by atoms with E-state index >= 15 is 0 Å². The molecule has 1 aliphatic rings. The van der Waals surface area contributed by atoms with Crippen LogP contribution < -0.4 is 0 Å². The lowest BCUT2D eigenvalue weighted by molar-refractivity contribution is 0.0700. The van der Waals surface area contributed by atoms with E-state index in [0.29, 0.717) is 29.7 Å². The fourth-order valence-corrected chi connectivity index (χ4v) is 3.49. The Kier molecular flexibility index (Phi) is 3.95. The average molecular weight is 338 g/mol. The number of H-pyrrole nitrogens is 1.